The van der Waals surface area contributed by atoms with Gasteiger partial charge in [0.2, 0.25) is 5.91 Å². The van der Waals surface area contributed by atoms with Gasteiger partial charge in [0.15, 0.2) is 5.82 Å². The molecule has 33 heavy (non-hydrogen) atoms. The molecule has 1 unspecified atom stereocenters. The van der Waals surface area contributed by atoms with Crippen molar-refractivity contribution in [3.63, 3.8) is 0 Å². The van der Waals surface area contributed by atoms with E-state index in [1.165, 1.54) is 12.1 Å². The molecule has 0 radical (unpaired) electrons. The number of aliphatic hydroxyl groups is 2. The minimum absolute atomic E-state index is 0.102. The van der Waals surface area contributed by atoms with E-state index in [2.05, 4.69) is 25.8 Å². The largest absolute Gasteiger partial charge is 0.506 e. The highest BCUT2D eigenvalue weighted by Crippen LogP contribution is 2.20. The molecule has 0 saturated heterocycles. The maximum Gasteiger partial charge on any atom is 0.229 e. The van der Waals surface area contributed by atoms with Crippen molar-refractivity contribution in [2.75, 3.05) is 11.9 Å². The molecule has 0 aliphatic carbocycles. The smallest absolute Gasteiger partial charge is 0.229 e. The van der Waals surface area contributed by atoms with Gasteiger partial charge in [0.25, 0.3) is 0 Å². The molecule has 0 aliphatic heterocycles. The molecule has 3 rings (SSSR count). The van der Waals surface area contributed by atoms with Crippen molar-refractivity contribution in [1.82, 2.24) is 20.5 Å². The Morgan fingerprint density at radius 3 is 2.64 bits per heavy atom. The van der Waals surface area contributed by atoms with Gasteiger partial charge in [-0.15, -0.1) is 0 Å². The number of benzene rings is 1. The fourth-order valence-electron chi connectivity index (χ4n) is 3.57. The number of aromatic nitrogens is 3. The second-order valence-corrected chi connectivity index (χ2v) is 8.80. The SMILES string of the molecule is Cc1cc(NC(=O)Cc2cccc(CC(C)(C)NCC(O)c3ccc(O)c(CO)n3)c2)n[nH]1. The monoisotopic (exact) mass is 453 g/mol. The van der Waals surface area contributed by atoms with Gasteiger partial charge in [-0.1, -0.05) is 24.3 Å². The Morgan fingerprint density at radius 1 is 1.18 bits per heavy atom. The predicted molar refractivity (Wildman–Crippen MR) is 125 cm³/mol. The molecule has 0 fully saturated rings. The lowest BCUT2D eigenvalue weighted by Gasteiger charge is -2.28. The first kappa shape index (κ1) is 24.4. The van der Waals surface area contributed by atoms with E-state index in [0.29, 0.717) is 17.9 Å². The second kappa shape index (κ2) is 10.6. The summed E-state index contributed by atoms with van der Waals surface area (Å²) >= 11 is 0. The second-order valence-electron chi connectivity index (χ2n) is 8.80. The molecule has 0 aliphatic rings. The average Bonchev–Trinajstić information content (AvgIpc) is 3.16. The third-order valence-corrected chi connectivity index (χ3v) is 5.21. The number of carbonyl (C=O) groups is 1. The maximum atomic E-state index is 12.3. The molecular weight excluding hydrogens is 422 g/mol. The van der Waals surface area contributed by atoms with Crippen LogP contribution in [0.1, 0.15) is 48.2 Å². The van der Waals surface area contributed by atoms with Gasteiger partial charge < -0.3 is 26.0 Å². The number of pyridine rings is 1. The summed E-state index contributed by atoms with van der Waals surface area (Å²) in [7, 11) is 0. The number of carbonyl (C=O) groups excluding carboxylic acids is 1. The maximum absolute atomic E-state index is 12.3. The van der Waals surface area contributed by atoms with Crippen LogP contribution < -0.4 is 10.6 Å². The standard InChI is InChI=1S/C24H31N5O4/c1-15-9-22(29-28-15)27-23(33)11-16-5-4-6-17(10-16)12-24(2,3)25-13-21(32)18-7-8-20(31)19(14-30)26-18/h4-10,21,25,30-32H,11-14H2,1-3H3,(H2,27,28,29,33). The van der Waals surface area contributed by atoms with Crippen LogP contribution in [0.2, 0.25) is 0 Å². The zero-order valence-electron chi connectivity index (χ0n) is 19.1. The lowest BCUT2D eigenvalue weighted by molar-refractivity contribution is -0.115. The minimum atomic E-state index is -0.893. The zero-order valence-corrected chi connectivity index (χ0v) is 19.1. The molecule has 2 aromatic heterocycles. The number of rotatable bonds is 10. The van der Waals surface area contributed by atoms with E-state index in [1.54, 1.807) is 6.07 Å². The Balaban J connectivity index is 1.56. The van der Waals surface area contributed by atoms with Gasteiger partial charge in [-0.3, -0.25) is 9.89 Å². The highest BCUT2D eigenvalue weighted by Gasteiger charge is 2.21. The number of amides is 1. The Kier molecular flexibility index (Phi) is 7.80. The van der Waals surface area contributed by atoms with E-state index >= 15 is 0 Å². The molecule has 3 aromatic rings. The van der Waals surface area contributed by atoms with Crippen molar-refractivity contribution in [1.29, 1.82) is 0 Å². The van der Waals surface area contributed by atoms with E-state index in [0.717, 1.165) is 16.8 Å². The number of β-amino-alcohol motifs (C(OH)–C–C–N with tert-alkyl or cyclic N) is 1. The summed E-state index contributed by atoms with van der Waals surface area (Å²) in [6.45, 7) is 5.78. The summed E-state index contributed by atoms with van der Waals surface area (Å²) in [6, 6.07) is 12.6. The number of nitrogens with zero attached hydrogens (tertiary/aromatic N) is 2. The number of H-pyrrole nitrogens is 1. The van der Waals surface area contributed by atoms with E-state index in [9.17, 15) is 20.1 Å². The highest BCUT2D eigenvalue weighted by atomic mass is 16.3. The molecule has 1 amide bonds. The first-order valence-electron chi connectivity index (χ1n) is 10.8. The molecule has 2 heterocycles. The van der Waals surface area contributed by atoms with Crippen molar-refractivity contribution in [3.05, 3.63) is 70.7 Å². The van der Waals surface area contributed by atoms with Gasteiger partial charge in [0.1, 0.15) is 17.5 Å². The van der Waals surface area contributed by atoms with Crippen molar-refractivity contribution in [2.24, 2.45) is 0 Å². The van der Waals surface area contributed by atoms with Gasteiger partial charge in [-0.05, 0) is 50.5 Å². The fraction of sp³-hybridized carbons (Fsp3) is 0.375. The molecule has 176 valence electrons. The van der Waals surface area contributed by atoms with E-state index in [4.69, 9.17) is 0 Å². The van der Waals surface area contributed by atoms with Crippen molar-refractivity contribution in [2.45, 2.75) is 51.9 Å². The number of hydrogen-bond acceptors (Lipinski definition) is 7. The molecule has 1 atom stereocenters. The van der Waals surface area contributed by atoms with E-state index in [-0.39, 0.29) is 35.9 Å². The number of aromatic hydroxyl groups is 1. The normalized spacial score (nSPS) is 12.5. The Labute approximate surface area is 192 Å². The number of aryl methyl sites for hydroxylation is 1. The average molecular weight is 454 g/mol. The van der Waals surface area contributed by atoms with Crippen LogP contribution >= 0.6 is 0 Å². The lowest BCUT2D eigenvalue weighted by atomic mass is 9.93. The minimum Gasteiger partial charge on any atom is -0.506 e. The van der Waals surface area contributed by atoms with Crippen LogP contribution in [0.3, 0.4) is 0 Å². The summed E-state index contributed by atoms with van der Waals surface area (Å²) in [5.41, 5.74) is 3.01. The Morgan fingerprint density at radius 2 is 1.94 bits per heavy atom. The number of aliphatic hydroxyl groups excluding tert-OH is 2. The van der Waals surface area contributed by atoms with Crippen molar-refractivity contribution < 1.29 is 20.1 Å². The Hall–Kier alpha value is -3.27. The molecule has 9 heteroatoms. The van der Waals surface area contributed by atoms with Crippen molar-refractivity contribution in [3.8, 4) is 5.75 Å². The Bertz CT molecular complexity index is 1100. The molecule has 0 spiro atoms. The first-order valence-corrected chi connectivity index (χ1v) is 10.8. The molecule has 9 nitrogen and oxygen atoms in total. The summed E-state index contributed by atoms with van der Waals surface area (Å²) in [5, 5.41) is 42.3. The van der Waals surface area contributed by atoms with Gasteiger partial charge >= 0.3 is 0 Å². The summed E-state index contributed by atoms with van der Waals surface area (Å²) in [4.78, 5) is 16.4. The van der Waals surface area contributed by atoms with Gasteiger partial charge in [-0.2, -0.15) is 5.10 Å². The zero-order chi connectivity index (χ0) is 24.0. The molecule has 0 saturated carbocycles. The van der Waals surface area contributed by atoms with Crippen molar-refractivity contribution >= 4 is 11.7 Å². The van der Waals surface area contributed by atoms with Crippen LogP contribution in [0, 0.1) is 6.92 Å². The third kappa shape index (κ3) is 7.11. The number of aromatic amines is 1. The van der Waals surface area contributed by atoms with E-state index in [1.807, 2.05) is 45.0 Å². The molecule has 6 N–H and O–H groups in total. The van der Waals surface area contributed by atoms with Crippen LogP contribution in [-0.4, -0.2) is 48.5 Å². The third-order valence-electron chi connectivity index (χ3n) is 5.21. The van der Waals surface area contributed by atoms with E-state index < -0.39 is 12.7 Å². The van der Waals surface area contributed by atoms with Crippen LogP contribution in [0.5, 0.6) is 5.75 Å². The number of anilines is 1. The number of hydrogen-bond donors (Lipinski definition) is 6. The topological polar surface area (TPSA) is 143 Å². The number of nitrogens with one attached hydrogen (secondary N) is 3. The van der Waals surface area contributed by atoms with Gasteiger partial charge in [0, 0.05) is 23.8 Å². The fourth-order valence-corrected chi connectivity index (χ4v) is 3.57. The van der Waals surface area contributed by atoms with Crippen LogP contribution in [0.4, 0.5) is 5.82 Å². The van der Waals surface area contributed by atoms with Crippen LogP contribution in [-0.2, 0) is 24.2 Å². The summed E-state index contributed by atoms with van der Waals surface area (Å²) < 4.78 is 0. The highest BCUT2D eigenvalue weighted by molar-refractivity contribution is 5.91. The summed E-state index contributed by atoms with van der Waals surface area (Å²) in [5.74, 6) is 0.268. The van der Waals surface area contributed by atoms with Gasteiger partial charge in [0.05, 0.1) is 18.7 Å². The quantitative estimate of drug-likeness (QED) is 0.276. The molecular formula is C24H31N5O4. The predicted octanol–water partition coefficient (Wildman–Crippen LogP) is 2.14. The first-order chi connectivity index (χ1) is 15.6. The lowest BCUT2D eigenvalue weighted by Crippen LogP contribution is -2.43. The summed E-state index contributed by atoms with van der Waals surface area (Å²) in [6.07, 6.45) is 0.0286. The van der Waals surface area contributed by atoms with Gasteiger partial charge in [-0.25, -0.2) is 4.98 Å². The molecule has 0 bridgehead atoms. The van der Waals surface area contributed by atoms with Crippen LogP contribution in [0.15, 0.2) is 42.5 Å². The molecule has 1 aromatic carbocycles. The van der Waals surface area contributed by atoms with Crippen LogP contribution in [0.25, 0.3) is 0 Å².